The van der Waals surface area contributed by atoms with E-state index in [1.54, 1.807) is 10.6 Å². The molecule has 1 saturated heterocycles. The molecule has 0 aliphatic carbocycles. The van der Waals surface area contributed by atoms with E-state index in [0.29, 0.717) is 34.5 Å². The summed E-state index contributed by atoms with van der Waals surface area (Å²) in [6.07, 6.45) is 1.77. The fourth-order valence-electron chi connectivity index (χ4n) is 4.06. The molecule has 0 spiro atoms. The molecule has 0 N–H and O–H groups in total. The number of nitrogens with zero attached hydrogens (tertiary/aromatic N) is 3. The lowest BCUT2D eigenvalue weighted by Crippen LogP contribution is -2.31. The van der Waals surface area contributed by atoms with E-state index in [2.05, 4.69) is 0 Å². The zero-order chi connectivity index (χ0) is 17.1. The molecule has 1 aromatic heterocycles. The third-order valence-corrected chi connectivity index (χ3v) is 5.24. The largest absolute Gasteiger partial charge is 0.328 e. The number of para-hydroxylation sites is 1. The van der Waals surface area contributed by atoms with Crippen LogP contribution in [0.4, 0.5) is 0 Å². The number of aromatic nitrogens is 2. The summed E-state index contributed by atoms with van der Waals surface area (Å²) in [4.78, 5) is 33.0. The Morgan fingerprint density at radius 3 is 2.84 bits per heavy atom. The molecule has 1 amide bonds. The van der Waals surface area contributed by atoms with Gasteiger partial charge in [0, 0.05) is 6.54 Å². The van der Waals surface area contributed by atoms with E-state index < -0.39 is 0 Å². The van der Waals surface area contributed by atoms with Gasteiger partial charge in [-0.3, -0.25) is 14.2 Å². The number of amides is 1. The minimum absolute atomic E-state index is 0.0109. The highest BCUT2D eigenvalue weighted by molar-refractivity contribution is 5.99. The number of rotatable bonds is 0. The summed E-state index contributed by atoms with van der Waals surface area (Å²) < 4.78 is 1.66. The molecule has 1 fully saturated rings. The van der Waals surface area contributed by atoms with Gasteiger partial charge in [-0.25, -0.2) is 4.98 Å². The topological polar surface area (TPSA) is 55.2 Å². The molecule has 2 aliphatic heterocycles. The average molecular weight is 331 g/mol. The van der Waals surface area contributed by atoms with Crippen molar-refractivity contribution in [1.29, 1.82) is 0 Å². The van der Waals surface area contributed by atoms with Gasteiger partial charge in [0.25, 0.3) is 11.5 Å². The van der Waals surface area contributed by atoms with Crippen LogP contribution in [0.3, 0.4) is 0 Å². The lowest BCUT2D eigenvalue weighted by molar-refractivity contribution is 0.0736. The van der Waals surface area contributed by atoms with E-state index in [-0.39, 0.29) is 17.5 Å². The molecule has 0 radical (unpaired) electrons. The molecular weight excluding hydrogens is 314 g/mol. The third kappa shape index (κ3) is 1.92. The summed E-state index contributed by atoms with van der Waals surface area (Å²) in [7, 11) is 0. The first-order chi connectivity index (χ1) is 12.1. The van der Waals surface area contributed by atoms with Crippen LogP contribution in [0.25, 0.3) is 16.6 Å². The number of hydrogen-bond donors (Lipinski definition) is 0. The number of fused-ring (bicyclic) bond motifs is 6. The molecule has 0 saturated carbocycles. The van der Waals surface area contributed by atoms with Gasteiger partial charge in [0.2, 0.25) is 0 Å². The number of aryl methyl sites for hydroxylation is 1. The van der Waals surface area contributed by atoms with Crippen molar-refractivity contribution >= 4 is 16.8 Å². The standard InChI is InChI=1S/C20H17N3O2/c1-12-8-9-15-14(11-12)20(25)23-16-6-3-2-5-13(16)19(24)22-10-4-7-17(22)18(23)21-15/h2-3,5-6,8-9,11,17H,4,7,10H2,1H3. The van der Waals surface area contributed by atoms with Crippen molar-refractivity contribution in [2.24, 2.45) is 0 Å². The Morgan fingerprint density at radius 1 is 1.12 bits per heavy atom. The van der Waals surface area contributed by atoms with Crippen molar-refractivity contribution in [3.8, 4) is 5.69 Å². The van der Waals surface area contributed by atoms with Gasteiger partial charge in [0.05, 0.1) is 28.2 Å². The second-order valence-electron chi connectivity index (χ2n) is 6.80. The van der Waals surface area contributed by atoms with Gasteiger partial charge in [-0.05, 0) is 44.0 Å². The maximum atomic E-state index is 13.3. The van der Waals surface area contributed by atoms with E-state index >= 15 is 0 Å². The Morgan fingerprint density at radius 2 is 1.96 bits per heavy atom. The van der Waals surface area contributed by atoms with Crippen LogP contribution < -0.4 is 5.56 Å². The Bertz CT molecular complexity index is 1100. The van der Waals surface area contributed by atoms with Gasteiger partial charge in [-0.15, -0.1) is 0 Å². The summed E-state index contributed by atoms with van der Waals surface area (Å²) in [5.74, 6) is 0.667. The molecule has 3 aromatic rings. The zero-order valence-corrected chi connectivity index (χ0v) is 13.9. The Labute approximate surface area is 144 Å². The number of hydrogen-bond acceptors (Lipinski definition) is 3. The molecule has 5 heteroatoms. The fourth-order valence-corrected chi connectivity index (χ4v) is 4.06. The van der Waals surface area contributed by atoms with Gasteiger partial charge in [-0.2, -0.15) is 0 Å². The van der Waals surface area contributed by atoms with E-state index in [1.165, 1.54) is 0 Å². The van der Waals surface area contributed by atoms with Crippen molar-refractivity contribution in [2.45, 2.75) is 25.8 Å². The van der Waals surface area contributed by atoms with Crippen LogP contribution >= 0.6 is 0 Å². The summed E-state index contributed by atoms with van der Waals surface area (Å²) in [6, 6.07) is 12.9. The lowest BCUT2D eigenvalue weighted by Gasteiger charge is -2.22. The van der Waals surface area contributed by atoms with Crippen LogP contribution in [0.2, 0.25) is 0 Å². The predicted molar refractivity (Wildman–Crippen MR) is 95.1 cm³/mol. The maximum absolute atomic E-state index is 13.3. The van der Waals surface area contributed by atoms with Gasteiger partial charge in [0.1, 0.15) is 5.82 Å². The lowest BCUT2D eigenvalue weighted by atomic mass is 10.1. The summed E-state index contributed by atoms with van der Waals surface area (Å²) >= 11 is 0. The quantitative estimate of drug-likeness (QED) is 0.636. The molecule has 25 heavy (non-hydrogen) atoms. The molecule has 5 rings (SSSR count). The molecular formula is C20H17N3O2. The molecule has 5 nitrogen and oxygen atoms in total. The molecule has 124 valence electrons. The first-order valence-electron chi connectivity index (χ1n) is 8.59. The van der Waals surface area contributed by atoms with Crippen LogP contribution in [0.1, 0.15) is 40.6 Å². The van der Waals surface area contributed by atoms with Crippen molar-refractivity contribution in [3.05, 3.63) is 69.8 Å². The SMILES string of the molecule is Cc1ccc2nc3n(c(=O)c2c1)-c1ccccc1C(=O)N1CCCC31. The van der Waals surface area contributed by atoms with Gasteiger partial charge >= 0.3 is 0 Å². The smallest absolute Gasteiger partial charge is 0.266 e. The van der Waals surface area contributed by atoms with Crippen LogP contribution in [-0.4, -0.2) is 26.9 Å². The minimum Gasteiger partial charge on any atom is -0.328 e. The fraction of sp³-hybridized carbons (Fsp3) is 0.250. The summed E-state index contributed by atoms with van der Waals surface area (Å²) in [5.41, 5.74) is 2.83. The highest BCUT2D eigenvalue weighted by Gasteiger charge is 2.38. The minimum atomic E-state index is -0.140. The normalized spacial score (nSPS) is 18.7. The highest BCUT2D eigenvalue weighted by Crippen LogP contribution is 2.37. The van der Waals surface area contributed by atoms with Gasteiger partial charge in [0.15, 0.2) is 0 Å². The van der Waals surface area contributed by atoms with E-state index in [4.69, 9.17) is 4.98 Å². The first-order valence-corrected chi connectivity index (χ1v) is 8.59. The Hall–Kier alpha value is -2.95. The van der Waals surface area contributed by atoms with Crippen LogP contribution in [0, 0.1) is 6.92 Å². The van der Waals surface area contributed by atoms with Crippen LogP contribution in [-0.2, 0) is 0 Å². The Kier molecular flexibility index (Phi) is 2.89. The molecule has 1 unspecified atom stereocenters. The maximum Gasteiger partial charge on any atom is 0.266 e. The van der Waals surface area contributed by atoms with Crippen LogP contribution in [0.5, 0.6) is 0 Å². The number of carbonyl (C=O) groups is 1. The second kappa shape index (κ2) is 5.02. The molecule has 1 atom stereocenters. The van der Waals surface area contributed by atoms with Crippen molar-refractivity contribution in [3.63, 3.8) is 0 Å². The Balaban J connectivity index is 1.95. The molecule has 3 heterocycles. The average Bonchev–Trinajstić information content (AvgIpc) is 3.08. The van der Waals surface area contributed by atoms with Crippen molar-refractivity contribution in [1.82, 2.24) is 14.5 Å². The third-order valence-electron chi connectivity index (χ3n) is 5.24. The van der Waals surface area contributed by atoms with E-state index in [1.807, 2.05) is 48.2 Å². The number of carbonyl (C=O) groups excluding carboxylic acids is 1. The van der Waals surface area contributed by atoms with Gasteiger partial charge < -0.3 is 4.90 Å². The molecule has 2 aliphatic rings. The summed E-state index contributed by atoms with van der Waals surface area (Å²) in [5, 5.41) is 0.595. The predicted octanol–water partition coefficient (Wildman–Crippen LogP) is 2.98. The van der Waals surface area contributed by atoms with E-state index in [9.17, 15) is 9.59 Å². The first kappa shape index (κ1) is 14.4. The monoisotopic (exact) mass is 331 g/mol. The van der Waals surface area contributed by atoms with Crippen molar-refractivity contribution < 1.29 is 4.79 Å². The summed E-state index contributed by atoms with van der Waals surface area (Å²) in [6.45, 7) is 2.67. The zero-order valence-electron chi connectivity index (χ0n) is 13.9. The van der Waals surface area contributed by atoms with E-state index in [0.717, 1.165) is 18.4 Å². The molecule has 2 aromatic carbocycles. The highest BCUT2D eigenvalue weighted by atomic mass is 16.2. The molecule has 0 bridgehead atoms. The second-order valence-corrected chi connectivity index (χ2v) is 6.80. The van der Waals surface area contributed by atoms with Crippen LogP contribution in [0.15, 0.2) is 47.3 Å². The number of benzene rings is 2. The van der Waals surface area contributed by atoms with Crippen molar-refractivity contribution in [2.75, 3.05) is 6.54 Å². The van der Waals surface area contributed by atoms with Gasteiger partial charge in [-0.1, -0.05) is 23.8 Å².